The van der Waals surface area contributed by atoms with Gasteiger partial charge in [0.05, 0.1) is 12.1 Å². The van der Waals surface area contributed by atoms with Crippen molar-refractivity contribution >= 4 is 17.3 Å². The second-order valence-electron chi connectivity index (χ2n) is 5.88. The summed E-state index contributed by atoms with van der Waals surface area (Å²) in [6.07, 6.45) is 0.231. The molecule has 0 saturated heterocycles. The number of carbonyl (C=O) groups is 1. The summed E-state index contributed by atoms with van der Waals surface area (Å²) in [6.45, 7) is 8.20. The zero-order chi connectivity index (χ0) is 13.5. The standard InChI is InChI=1S/C14H20N2O2/c1-8-5-12(17)16-11-7-9(15)6-10(13(11)18-8)14(2,3)4/h6-8H,5,15H2,1-4H3,(H,16,17). The highest BCUT2D eigenvalue weighted by Crippen LogP contribution is 2.41. The van der Waals surface area contributed by atoms with Gasteiger partial charge < -0.3 is 15.8 Å². The molecule has 2 rings (SSSR count). The van der Waals surface area contributed by atoms with E-state index in [1.807, 2.05) is 13.0 Å². The van der Waals surface area contributed by atoms with Crippen LogP contribution in [0.3, 0.4) is 0 Å². The Morgan fingerprint density at radius 1 is 1.39 bits per heavy atom. The van der Waals surface area contributed by atoms with E-state index in [1.165, 1.54) is 0 Å². The minimum Gasteiger partial charge on any atom is -0.488 e. The number of hydrogen-bond donors (Lipinski definition) is 2. The normalized spacial score (nSPS) is 19.6. The molecule has 1 aromatic rings. The largest absolute Gasteiger partial charge is 0.488 e. The summed E-state index contributed by atoms with van der Waals surface area (Å²) in [6, 6.07) is 3.67. The molecule has 3 N–H and O–H groups in total. The first-order chi connectivity index (χ1) is 8.27. The van der Waals surface area contributed by atoms with Gasteiger partial charge in [-0.25, -0.2) is 0 Å². The van der Waals surface area contributed by atoms with E-state index in [1.54, 1.807) is 6.07 Å². The maximum atomic E-state index is 11.7. The van der Waals surface area contributed by atoms with Crippen molar-refractivity contribution < 1.29 is 9.53 Å². The average Bonchev–Trinajstić information content (AvgIpc) is 2.32. The molecule has 0 aliphatic carbocycles. The molecule has 1 unspecified atom stereocenters. The fourth-order valence-electron chi connectivity index (χ4n) is 2.13. The number of nitrogens with two attached hydrogens (primary N) is 1. The van der Waals surface area contributed by atoms with Crippen LogP contribution < -0.4 is 15.8 Å². The van der Waals surface area contributed by atoms with Crippen molar-refractivity contribution in [2.75, 3.05) is 11.1 Å². The van der Waals surface area contributed by atoms with E-state index in [4.69, 9.17) is 10.5 Å². The van der Waals surface area contributed by atoms with Gasteiger partial charge in [-0.3, -0.25) is 4.79 Å². The molecule has 1 aromatic carbocycles. The Morgan fingerprint density at radius 2 is 2.06 bits per heavy atom. The Hall–Kier alpha value is -1.71. The van der Waals surface area contributed by atoms with Gasteiger partial charge in [0.15, 0.2) is 0 Å². The van der Waals surface area contributed by atoms with E-state index >= 15 is 0 Å². The van der Waals surface area contributed by atoms with Crippen LogP contribution in [0.25, 0.3) is 0 Å². The fourth-order valence-corrected chi connectivity index (χ4v) is 2.13. The van der Waals surface area contributed by atoms with Gasteiger partial charge in [-0.1, -0.05) is 20.8 Å². The Labute approximate surface area is 108 Å². The second kappa shape index (κ2) is 4.19. The Kier molecular flexibility index (Phi) is 2.97. The molecule has 18 heavy (non-hydrogen) atoms. The van der Waals surface area contributed by atoms with Crippen LogP contribution in [0.4, 0.5) is 11.4 Å². The first-order valence-electron chi connectivity index (χ1n) is 6.18. The molecular formula is C14H20N2O2. The summed E-state index contributed by atoms with van der Waals surface area (Å²) in [5.41, 5.74) is 8.15. The molecule has 0 saturated carbocycles. The lowest BCUT2D eigenvalue weighted by atomic mass is 9.85. The summed E-state index contributed by atoms with van der Waals surface area (Å²) in [5.74, 6) is 0.710. The topological polar surface area (TPSA) is 64.4 Å². The summed E-state index contributed by atoms with van der Waals surface area (Å²) in [5, 5.41) is 2.86. The molecule has 0 fully saturated rings. The van der Waals surface area contributed by atoms with Crippen molar-refractivity contribution in [1.29, 1.82) is 0 Å². The number of nitrogen functional groups attached to an aromatic ring is 1. The fraction of sp³-hybridized carbons (Fsp3) is 0.500. The first kappa shape index (κ1) is 12.7. The van der Waals surface area contributed by atoms with Crippen molar-refractivity contribution in [1.82, 2.24) is 0 Å². The van der Waals surface area contributed by atoms with E-state index in [-0.39, 0.29) is 17.4 Å². The van der Waals surface area contributed by atoms with Crippen LogP contribution in [0.2, 0.25) is 0 Å². The maximum Gasteiger partial charge on any atom is 0.228 e. The highest BCUT2D eigenvalue weighted by molar-refractivity contribution is 5.94. The molecule has 1 heterocycles. The minimum absolute atomic E-state index is 0.0355. The lowest BCUT2D eigenvalue weighted by molar-refractivity contribution is -0.117. The number of nitrogens with one attached hydrogen (secondary N) is 1. The van der Waals surface area contributed by atoms with Crippen LogP contribution >= 0.6 is 0 Å². The van der Waals surface area contributed by atoms with Gasteiger partial charge in [-0.15, -0.1) is 0 Å². The molecule has 0 spiro atoms. The predicted octanol–water partition coefficient (Wildman–Crippen LogP) is 2.68. The molecule has 98 valence electrons. The van der Waals surface area contributed by atoms with Gasteiger partial charge in [0, 0.05) is 11.3 Å². The monoisotopic (exact) mass is 248 g/mol. The molecule has 0 bridgehead atoms. The summed E-state index contributed by atoms with van der Waals surface area (Å²) >= 11 is 0. The van der Waals surface area contributed by atoms with Crippen LogP contribution in [-0.2, 0) is 10.2 Å². The van der Waals surface area contributed by atoms with Gasteiger partial charge in [0.2, 0.25) is 5.91 Å². The van der Waals surface area contributed by atoms with Crippen LogP contribution in [0.15, 0.2) is 12.1 Å². The van der Waals surface area contributed by atoms with Crippen LogP contribution in [0.1, 0.15) is 39.7 Å². The summed E-state index contributed by atoms with van der Waals surface area (Å²) < 4.78 is 5.90. The van der Waals surface area contributed by atoms with Crippen LogP contribution in [0.5, 0.6) is 5.75 Å². The van der Waals surface area contributed by atoms with Crippen LogP contribution in [0, 0.1) is 0 Å². The highest BCUT2D eigenvalue weighted by Gasteiger charge is 2.27. The van der Waals surface area contributed by atoms with E-state index < -0.39 is 0 Å². The quantitative estimate of drug-likeness (QED) is 0.694. The maximum absolute atomic E-state index is 11.7. The van der Waals surface area contributed by atoms with Crippen molar-refractivity contribution in [3.8, 4) is 5.75 Å². The van der Waals surface area contributed by atoms with E-state index in [2.05, 4.69) is 26.1 Å². The van der Waals surface area contributed by atoms with Crippen molar-refractivity contribution in [2.45, 2.75) is 45.6 Å². The number of hydrogen-bond acceptors (Lipinski definition) is 3. The number of rotatable bonds is 0. The SMILES string of the molecule is CC1CC(=O)Nc2cc(N)cc(C(C)(C)C)c2O1. The van der Waals surface area contributed by atoms with Gasteiger partial charge in [-0.05, 0) is 24.5 Å². The molecule has 1 atom stereocenters. The molecule has 0 aromatic heterocycles. The first-order valence-corrected chi connectivity index (χ1v) is 6.18. The molecule has 1 aliphatic rings. The second-order valence-corrected chi connectivity index (χ2v) is 5.88. The highest BCUT2D eigenvalue weighted by atomic mass is 16.5. The van der Waals surface area contributed by atoms with Gasteiger partial charge in [-0.2, -0.15) is 0 Å². The number of carbonyl (C=O) groups excluding carboxylic acids is 1. The number of amides is 1. The minimum atomic E-state index is -0.129. The number of anilines is 2. The van der Waals surface area contributed by atoms with Gasteiger partial charge in [0.25, 0.3) is 0 Å². The molecule has 1 aliphatic heterocycles. The number of fused-ring (bicyclic) bond motifs is 1. The Bertz CT molecular complexity index is 489. The predicted molar refractivity (Wildman–Crippen MR) is 72.9 cm³/mol. The lowest BCUT2D eigenvalue weighted by Crippen LogP contribution is -2.18. The average molecular weight is 248 g/mol. The van der Waals surface area contributed by atoms with Crippen molar-refractivity contribution in [2.24, 2.45) is 0 Å². The zero-order valence-corrected chi connectivity index (χ0v) is 11.3. The van der Waals surface area contributed by atoms with Gasteiger partial charge in [0.1, 0.15) is 11.9 Å². The summed E-state index contributed by atoms with van der Waals surface area (Å²) in [4.78, 5) is 11.7. The van der Waals surface area contributed by atoms with E-state index in [9.17, 15) is 4.79 Å². The number of benzene rings is 1. The van der Waals surface area contributed by atoms with Crippen LogP contribution in [-0.4, -0.2) is 12.0 Å². The molecule has 4 heteroatoms. The van der Waals surface area contributed by atoms with E-state index in [0.717, 1.165) is 11.3 Å². The Morgan fingerprint density at radius 3 is 2.67 bits per heavy atom. The lowest BCUT2D eigenvalue weighted by Gasteiger charge is -2.25. The Balaban J connectivity index is 2.61. The molecular weight excluding hydrogens is 228 g/mol. The smallest absolute Gasteiger partial charge is 0.228 e. The van der Waals surface area contributed by atoms with E-state index in [0.29, 0.717) is 17.8 Å². The van der Waals surface area contributed by atoms with Gasteiger partial charge >= 0.3 is 0 Å². The number of ether oxygens (including phenoxy) is 1. The molecule has 4 nitrogen and oxygen atoms in total. The molecule has 1 amide bonds. The summed E-state index contributed by atoms with van der Waals surface area (Å²) in [7, 11) is 0. The third-order valence-corrected chi connectivity index (χ3v) is 2.99. The van der Waals surface area contributed by atoms with Crippen molar-refractivity contribution in [3.63, 3.8) is 0 Å². The molecule has 0 radical (unpaired) electrons. The zero-order valence-electron chi connectivity index (χ0n) is 11.3. The third-order valence-electron chi connectivity index (χ3n) is 2.99. The third kappa shape index (κ3) is 2.42. The van der Waals surface area contributed by atoms with Crippen molar-refractivity contribution in [3.05, 3.63) is 17.7 Å².